The summed E-state index contributed by atoms with van der Waals surface area (Å²) in [6, 6.07) is 12.1. The van der Waals surface area contributed by atoms with Gasteiger partial charge in [0.15, 0.2) is 0 Å². The summed E-state index contributed by atoms with van der Waals surface area (Å²) in [6.45, 7) is 4.50. The third kappa shape index (κ3) is 3.45. The number of nitrogens with one attached hydrogen (secondary N) is 1. The molecule has 0 saturated heterocycles. The maximum Gasteiger partial charge on any atom is 0.291 e. The highest BCUT2D eigenvalue weighted by Gasteiger charge is 2.15. The van der Waals surface area contributed by atoms with Gasteiger partial charge in [0.25, 0.3) is 5.56 Å². The van der Waals surface area contributed by atoms with Crippen LogP contribution < -0.4 is 10.9 Å². The molecule has 0 fully saturated rings. The topological polar surface area (TPSA) is 68.4 Å². The average Bonchev–Trinajstić information content (AvgIpc) is 3.27. The van der Waals surface area contributed by atoms with Crippen molar-refractivity contribution in [2.45, 2.75) is 33.2 Å². The van der Waals surface area contributed by atoms with E-state index in [1.54, 1.807) is 11.3 Å². The van der Waals surface area contributed by atoms with Crippen LogP contribution in [0.3, 0.4) is 0 Å². The molecule has 1 amide bonds. The Labute approximate surface area is 166 Å². The first-order valence-electron chi connectivity index (χ1n) is 9.37. The van der Waals surface area contributed by atoms with Gasteiger partial charge in [-0.05, 0) is 36.4 Å². The molecule has 1 N–H and O–H groups in total. The van der Waals surface area contributed by atoms with Crippen LogP contribution in [0, 0.1) is 6.92 Å². The van der Waals surface area contributed by atoms with Crippen molar-refractivity contribution in [3.05, 3.63) is 69.1 Å². The van der Waals surface area contributed by atoms with E-state index in [1.165, 1.54) is 15.8 Å². The van der Waals surface area contributed by atoms with Crippen LogP contribution >= 0.6 is 11.3 Å². The number of thiophene rings is 1. The number of fused-ring (bicyclic) bond motifs is 3. The van der Waals surface area contributed by atoms with Gasteiger partial charge in [-0.15, -0.1) is 11.3 Å². The van der Waals surface area contributed by atoms with Crippen LogP contribution in [0.1, 0.15) is 23.9 Å². The van der Waals surface area contributed by atoms with Crippen molar-refractivity contribution in [1.82, 2.24) is 19.5 Å². The van der Waals surface area contributed by atoms with Crippen molar-refractivity contribution in [3.63, 3.8) is 0 Å². The predicted octanol–water partition coefficient (Wildman–Crippen LogP) is 2.94. The van der Waals surface area contributed by atoms with Crippen LogP contribution in [-0.2, 0) is 24.2 Å². The molecule has 0 bridgehead atoms. The minimum atomic E-state index is -0.241. The summed E-state index contributed by atoms with van der Waals surface area (Å²) in [5.41, 5.74) is 2.71. The minimum absolute atomic E-state index is 0.0743. The van der Waals surface area contributed by atoms with Gasteiger partial charge in [0.05, 0.1) is 0 Å². The lowest BCUT2D eigenvalue weighted by Gasteiger charge is -2.10. The SMILES string of the molecule is CCc1nn(CC(=O)NCCc2ccc(C)cc2)c(=O)c2cc3ccsc3n12. The summed E-state index contributed by atoms with van der Waals surface area (Å²) < 4.78 is 3.19. The lowest BCUT2D eigenvalue weighted by atomic mass is 10.1. The number of hydrogen-bond donors (Lipinski definition) is 1. The van der Waals surface area contributed by atoms with Crippen molar-refractivity contribution in [3.8, 4) is 0 Å². The Morgan fingerprint density at radius 1 is 1.21 bits per heavy atom. The molecule has 0 atom stereocenters. The molecule has 144 valence electrons. The lowest BCUT2D eigenvalue weighted by molar-refractivity contribution is -0.121. The lowest BCUT2D eigenvalue weighted by Crippen LogP contribution is -2.36. The number of carbonyl (C=O) groups is 1. The minimum Gasteiger partial charge on any atom is -0.354 e. The first-order chi connectivity index (χ1) is 13.6. The summed E-state index contributed by atoms with van der Waals surface area (Å²) in [6.07, 6.45) is 1.43. The first kappa shape index (κ1) is 18.4. The average molecular weight is 395 g/mol. The van der Waals surface area contributed by atoms with Crippen molar-refractivity contribution >= 4 is 33.0 Å². The van der Waals surface area contributed by atoms with Crippen LogP contribution in [0.15, 0.2) is 46.6 Å². The molecule has 0 aliphatic carbocycles. The van der Waals surface area contributed by atoms with E-state index < -0.39 is 0 Å². The predicted molar refractivity (Wildman–Crippen MR) is 112 cm³/mol. The highest BCUT2D eigenvalue weighted by atomic mass is 32.1. The van der Waals surface area contributed by atoms with E-state index in [0.717, 1.165) is 22.5 Å². The molecule has 7 heteroatoms. The molecule has 28 heavy (non-hydrogen) atoms. The van der Waals surface area contributed by atoms with E-state index in [2.05, 4.69) is 34.7 Å². The van der Waals surface area contributed by atoms with Crippen molar-refractivity contribution < 1.29 is 4.79 Å². The number of carbonyl (C=O) groups excluding carboxylic acids is 1. The van der Waals surface area contributed by atoms with E-state index in [-0.39, 0.29) is 18.0 Å². The standard InChI is InChI=1S/C21H22N4O2S/c1-3-18-23-24(20(27)17-12-16-9-11-28-21(16)25(17)18)13-19(26)22-10-8-15-6-4-14(2)5-7-15/h4-7,9,11-12H,3,8,10,13H2,1-2H3,(H,22,26). The fraction of sp³-hybridized carbons (Fsp3) is 0.286. The zero-order valence-corrected chi connectivity index (χ0v) is 16.8. The maximum atomic E-state index is 12.8. The third-order valence-electron chi connectivity index (χ3n) is 4.82. The highest BCUT2D eigenvalue weighted by molar-refractivity contribution is 7.16. The molecule has 6 nitrogen and oxygen atoms in total. The summed E-state index contributed by atoms with van der Waals surface area (Å²) in [4.78, 5) is 26.2. The van der Waals surface area contributed by atoms with E-state index in [4.69, 9.17) is 0 Å². The highest BCUT2D eigenvalue weighted by Crippen LogP contribution is 2.24. The van der Waals surface area contributed by atoms with Crippen molar-refractivity contribution in [2.24, 2.45) is 0 Å². The van der Waals surface area contributed by atoms with Gasteiger partial charge in [0, 0.05) is 18.4 Å². The molecule has 1 aromatic carbocycles. The van der Waals surface area contributed by atoms with Gasteiger partial charge in [0.1, 0.15) is 22.7 Å². The van der Waals surface area contributed by atoms with E-state index in [9.17, 15) is 9.59 Å². The Kier molecular flexibility index (Phi) is 5.00. The number of nitrogens with zero attached hydrogens (tertiary/aromatic N) is 3. The van der Waals surface area contributed by atoms with Crippen LogP contribution in [0.25, 0.3) is 15.7 Å². The van der Waals surface area contributed by atoms with E-state index in [0.29, 0.717) is 18.5 Å². The number of aryl methyl sites for hydroxylation is 2. The second-order valence-electron chi connectivity index (χ2n) is 6.86. The zero-order chi connectivity index (χ0) is 19.7. The summed E-state index contributed by atoms with van der Waals surface area (Å²) >= 11 is 1.59. The van der Waals surface area contributed by atoms with Crippen LogP contribution in [0.4, 0.5) is 0 Å². The Morgan fingerprint density at radius 3 is 2.75 bits per heavy atom. The Balaban J connectivity index is 1.50. The van der Waals surface area contributed by atoms with Crippen molar-refractivity contribution in [1.29, 1.82) is 0 Å². The maximum absolute atomic E-state index is 12.8. The van der Waals surface area contributed by atoms with Gasteiger partial charge >= 0.3 is 0 Å². The largest absolute Gasteiger partial charge is 0.354 e. The second-order valence-corrected chi connectivity index (χ2v) is 7.76. The summed E-state index contributed by atoms with van der Waals surface area (Å²) in [5, 5.41) is 10.4. The molecule has 0 unspecified atom stereocenters. The molecule has 0 aliphatic rings. The normalized spacial score (nSPS) is 11.4. The Morgan fingerprint density at radius 2 is 2.00 bits per heavy atom. The quantitative estimate of drug-likeness (QED) is 0.547. The van der Waals surface area contributed by atoms with Gasteiger partial charge in [-0.2, -0.15) is 5.10 Å². The summed E-state index contributed by atoms with van der Waals surface area (Å²) in [5.74, 6) is 0.570. The number of benzene rings is 1. The van der Waals surface area contributed by atoms with Gasteiger partial charge in [0.2, 0.25) is 5.91 Å². The molecule has 4 aromatic rings. The monoisotopic (exact) mass is 394 g/mol. The smallest absolute Gasteiger partial charge is 0.291 e. The Bertz CT molecular complexity index is 1200. The van der Waals surface area contributed by atoms with Crippen LogP contribution in [-0.4, -0.2) is 26.6 Å². The molecule has 3 heterocycles. The summed E-state index contributed by atoms with van der Waals surface area (Å²) in [7, 11) is 0. The van der Waals surface area contributed by atoms with Gasteiger partial charge < -0.3 is 5.32 Å². The molecule has 0 saturated carbocycles. The molecule has 0 aliphatic heterocycles. The molecule has 3 aromatic heterocycles. The third-order valence-corrected chi connectivity index (χ3v) is 5.74. The fourth-order valence-electron chi connectivity index (χ4n) is 3.33. The van der Waals surface area contributed by atoms with Gasteiger partial charge in [-0.25, -0.2) is 4.68 Å². The number of amides is 1. The number of rotatable bonds is 6. The fourth-order valence-corrected chi connectivity index (χ4v) is 4.24. The van der Waals surface area contributed by atoms with Crippen LogP contribution in [0.5, 0.6) is 0 Å². The molecule has 4 rings (SSSR count). The Hall–Kier alpha value is -2.93. The molecular weight excluding hydrogens is 372 g/mol. The first-order valence-corrected chi connectivity index (χ1v) is 10.3. The van der Waals surface area contributed by atoms with Crippen LogP contribution in [0.2, 0.25) is 0 Å². The molecular formula is C21H22N4O2S. The second kappa shape index (κ2) is 7.59. The molecule has 0 spiro atoms. The van der Waals surface area contributed by atoms with Gasteiger partial charge in [-0.1, -0.05) is 36.8 Å². The number of hydrogen-bond acceptors (Lipinski definition) is 4. The van der Waals surface area contributed by atoms with E-state index >= 15 is 0 Å². The molecule has 0 radical (unpaired) electrons. The van der Waals surface area contributed by atoms with E-state index in [1.807, 2.05) is 35.8 Å². The van der Waals surface area contributed by atoms with Gasteiger partial charge in [-0.3, -0.25) is 14.0 Å². The van der Waals surface area contributed by atoms with Crippen molar-refractivity contribution in [2.75, 3.05) is 6.54 Å². The zero-order valence-electron chi connectivity index (χ0n) is 15.9. The number of aromatic nitrogens is 3.